The molecule has 7 heteroatoms. The van der Waals surface area contributed by atoms with Gasteiger partial charge in [0.15, 0.2) is 0 Å². The molecule has 1 N–H and O–H groups in total. The van der Waals surface area contributed by atoms with Crippen LogP contribution in [0.1, 0.15) is 25.5 Å². The number of carbonyl (C=O) groups is 2. The molecule has 118 valence electrons. The van der Waals surface area contributed by atoms with Crippen LogP contribution in [-0.4, -0.2) is 32.3 Å². The molecule has 3 amide bonds. The first-order chi connectivity index (χ1) is 11.1. The van der Waals surface area contributed by atoms with Crippen LogP contribution >= 0.6 is 11.3 Å². The van der Waals surface area contributed by atoms with E-state index in [-0.39, 0.29) is 24.4 Å². The number of pyridine rings is 1. The molecule has 1 aliphatic carbocycles. The molecule has 3 heterocycles. The SMILES string of the molecule is C[C@@]1(C2CC2)NC(=O)N(Cc2csc(-c3ccccn3)n2)C1=O. The van der Waals surface area contributed by atoms with Gasteiger partial charge in [-0.05, 0) is 37.8 Å². The molecule has 0 radical (unpaired) electrons. The second kappa shape index (κ2) is 5.13. The lowest BCUT2D eigenvalue weighted by Gasteiger charge is -2.20. The first-order valence-corrected chi connectivity index (χ1v) is 8.46. The summed E-state index contributed by atoms with van der Waals surface area (Å²) in [6.45, 7) is 2.03. The molecule has 2 aromatic rings. The number of rotatable bonds is 4. The molecule has 0 unspecified atom stereocenters. The molecule has 6 nitrogen and oxygen atoms in total. The van der Waals surface area contributed by atoms with Gasteiger partial charge in [0.2, 0.25) is 0 Å². The minimum atomic E-state index is -0.739. The number of nitrogens with one attached hydrogen (secondary N) is 1. The Morgan fingerprint density at radius 3 is 2.91 bits per heavy atom. The van der Waals surface area contributed by atoms with Crippen molar-refractivity contribution in [1.29, 1.82) is 0 Å². The molecule has 2 aliphatic rings. The smallest absolute Gasteiger partial charge is 0.323 e. The Labute approximate surface area is 137 Å². The second-order valence-corrected chi connectivity index (χ2v) is 7.02. The Hall–Kier alpha value is -2.28. The molecule has 4 rings (SSSR count). The first kappa shape index (κ1) is 14.3. The van der Waals surface area contributed by atoms with Crippen LogP contribution in [0.2, 0.25) is 0 Å². The second-order valence-electron chi connectivity index (χ2n) is 6.16. The molecule has 0 bridgehead atoms. The number of hydrogen-bond acceptors (Lipinski definition) is 5. The highest BCUT2D eigenvalue weighted by Crippen LogP contribution is 2.42. The monoisotopic (exact) mass is 328 g/mol. The number of nitrogens with zero attached hydrogens (tertiary/aromatic N) is 3. The van der Waals surface area contributed by atoms with Crippen molar-refractivity contribution in [2.75, 3.05) is 0 Å². The Bertz CT molecular complexity index is 771. The van der Waals surface area contributed by atoms with E-state index in [1.54, 1.807) is 6.20 Å². The fraction of sp³-hybridized carbons (Fsp3) is 0.375. The number of aromatic nitrogens is 2. The predicted octanol–water partition coefficient (Wildman–Crippen LogP) is 2.43. The van der Waals surface area contributed by atoms with Crippen LogP contribution in [0, 0.1) is 5.92 Å². The lowest BCUT2D eigenvalue weighted by molar-refractivity contribution is -0.131. The van der Waals surface area contributed by atoms with Gasteiger partial charge in [0.25, 0.3) is 5.91 Å². The van der Waals surface area contributed by atoms with Crippen molar-refractivity contribution in [3.05, 3.63) is 35.5 Å². The summed E-state index contributed by atoms with van der Waals surface area (Å²) in [5.41, 5.74) is 0.764. The quantitative estimate of drug-likeness (QED) is 0.875. The zero-order chi connectivity index (χ0) is 16.0. The zero-order valence-electron chi connectivity index (χ0n) is 12.7. The summed E-state index contributed by atoms with van der Waals surface area (Å²) in [6, 6.07) is 5.32. The molecule has 2 fully saturated rings. The van der Waals surface area contributed by atoms with Gasteiger partial charge in [0.1, 0.15) is 10.5 Å². The molecular weight excluding hydrogens is 312 g/mol. The van der Waals surface area contributed by atoms with Crippen LogP contribution in [0.4, 0.5) is 4.79 Å². The van der Waals surface area contributed by atoms with Crippen molar-refractivity contribution in [3.8, 4) is 10.7 Å². The molecule has 1 atom stereocenters. The first-order valence-electron chi connectivity index (χ1n) is 7.58. The van der Waals surface area contributed by atoms with Crippen molar-refractivity contribution in [2.45, 2.75) is 31.8 Å². The van der Waals surface area contributed by atoms with E-state index in [4.69, 9.17) is 0 Å². The molecule has 1 aliphatic heterocycles. The lowest BCUT2D eigenvalue weighted by Crippen LogP contribution is -2.46. The Morgan fingerprint density at radius 1 is 1.39 bits per heavy atom. The minimum Gasteiger partial charge on any atom is -0.323 e. The topological polar surface area (TPSA) is 75.2 Å². The average molecular weight is 328 g/mol. The van der Waals surface area contributed by atoms with Crippen LogP contribution in [0.15, 0.2) is 29.8 Å². The number of urea groups is 1. The van der Waals surface area contributed by atoms with Crippen molar-refractivity contribution >= 4 is 23.3 Å². The van der Waals surface area contributed by atoms with Crippen LogP contribution in [-0.2, 0) is 11.3 Å². The summed E-state index contributed by atoms with van der Waals surface area (Å²) < 4.78 is 0. The highest BCUT2D eigenvalue weighted by molar-refractivity contribution is 7.13. The van der Waals surface area contributed by atoms with Gasteiger partial charge in [-0.1, -0.05) is 6.07 Å². The number of imide groups is 1. The van der Waals surface area contributed by atoms with Gasteiger partial charge in [0, 0.05) is 11.6 Å². The third kappa shape index (κ3) is 2.41. The van der Waals surface area contributed by atoms with E-state index in [1.165, 1.54) is 16.2 Å². The van der Waals surface area contributed by atoms with Crippen molar-refractivity contribution < 1.29 is 9.59 Å². The van der Waals surface area contributed by atoms with Crippen molar-refractivity contribution in [1.82, 2.24) is 20.2 Å². The maximum Gasteiger partial charge on any atom is 0.325 e. The van der Waals surface area contributed by atoms with E-state index < -0.39 is 5.54 Å². The van der Waals surface area contributed by atoms with E-state index >= 15 is 0 Å². The van der Waals surface area contributed by atoms with Crippen LogP contribution in [0.3, 0.4) is 0 Å². The predicted molar refractivity (Wildman–Crippen MR) is 85.6 cm³/mol. The van der Waals surface area contributed by atoms with Gasteiger partial charge in [-0.15, -0.1) is 11.3 Å². The van der Waals surface area contributed by atoms with Gasteiger partial charge in [0.05, 0.1) is 17.9 Å². The highest BCUT2D eigenvalue weighted by Gasteiger charge is 2.55. The fourth-order valence-electron chi connectivity index (χ4n) is 2.95. The molecule has 2 aromatic heterocycles. The van der Waals surface area contributed by atoms with Gasteiger partial charge >= 0.3 is 6.03 Å². The van der Waals surface area contributed by atoms with Gasteiger partial charge in [-0.25, -0.2) is 9.78 Å². The van der Waals surface area contributed by atoms with Crippen LogP contribution < -0.4 is 5.32 Å². The van der Waals surface area contributed by atoms with Gasteiger partial charge in [-0.2, -0.15) is 0 Å². The lowest BCUT2D eigenvalue weighted by atomic mass is 9.96. The highest BCUT2D eigenvalue weighted by atomic mass is 32.1. The zero-order valence-corrected chi connectivity index (χ0v) is 13.5. The Morgan fingerprint density at radius 2 is 2.22 bits per heavy atom. The number of carbonyl (C=O) groups excluding carboxylic acids is 2. The van der Waals surface area contributed by atoms with Gasteiger partial charge < -0.3 is 5.32 Å². The fourth-order valence-corrected chi connectivity index (χ4v) is 3.73. The maximum absolute atomic E-state index is 12.6. The number of amides is 3. The average Bonchev–Trinajstić information content (AvgIpc) is 3.28. The molecule has 1 saturated carbocycles. The molecule has 0 spiro atoms. The normalized spacial score (nSPS) is 24.1. The third-order valence-corrected chi connectivity index (χ3v) is 5.36. The minimum absolute atomic E-state index is 0.141. The number of thiazole rings is 1. The third-order valence-electron chi connectivity index (χ3n) is 4.45. The van der Waals surface area contributed by atoms with E-state index in [0.717, 1.165) is 23.5 Å². The summed E-state index contributed by atoms with van der Waals surface area (Å²) in [5.74, 6) is 0.126. The summed E-state index contributed by atoms with van der Waals surface area (Å²) in [5, 5.41) is 5.51. The van der Waals surface area contributed by atoms with E-state index in [9.17, 15) is 9.59 Å². The summed E-state index contributed by atoms with van der Waals surface area (Å²) >= 11 is 1.46. The van der Waals surface area contributed by atoms with Crippen molar-refractivity contribution in [2.24, 2.45) is 5.92 Å². The molecular formula is C16H16N4O2S. The van der Waals surface area contributed by atoms with Crippen molar-refractivity contribution in [3.63, 3.8) is 0 Å². The summed E-state index contributed by atoms with van der Waals surface area (Å²) in [7, 11) is 0. The molecule has 23 heavy (non-hydrogen) atoms. The Kier molecular flexibility index (Phi) is 3.19. The maximum atomic E-state index is 12.6. The largest absolute Gasteiger partial charge is 0.325 e. The number of hydrogen-bond donors (Lipinski definition) is 1. The van der Waals surface area contributed by atoms with E-state index in [0.29, 0.717) is 5.69 Å². The molecule has 0 aromatic carbocycles. The Balaban J connectivity index is 1.54. The standard InChI is InChI=1S/C16H16N4O2S/c1-16(10-5-6-10)14(21)20(15(22)19-16)8-11-9-23-13(18-11)12-4-2-3-7-17-12/h2-4,7,9-10H,5-6,8H2,1H3,(H,19,22)/t16-/m0/s1. The summed E-state index contributed by atoms with van der Waals surface area (Å²) in [4.78, 5) is 34.8. The van der Waals surface area contributed by atoms with Crippen LogP contribution in [0.5, 0.6) is 0 Å². The van der Waals surface area contributed by atoms with Gasteiger partial charge in [-0.3, -0.25) is 14.7 Å². The van der Waals surface area contributed by atoms with Crippen LogP contribution in [0.25, 0.3) is 10.7 Å². The van der Waals surface area contributed by atoms with E-state index in [1.807, 2.05) is 30.5 Å². The summed E-state index contributed by atoms with van der Waals surface area (Å²) in [6.07, 6.45) is 3.71. The molecule has 1 saturated heterocycles. The van der Waals surface area contributed by atoms with E-state index in [2.05, 4.69) is 15.3 Å².